The van der Waals surface area contributed by atoms with Gasteiger partial charge >= 0.3 is 0 Å². The Morgan fingerprint density at radius 2 is 1.05 bits per heavy atom. The van der Waals surface area contributed by atoms with Crippen LogP contribution in [0.4, 0.5) is 0 Å². The molecule has 0 bridgehead atoms. The summed E-state index contributed by atoms with van der Waals surface area (Å²) in [6.07, 6.45) is 0. The molecule has 0 radical (unpaired) electrons. The van der Waals surface area contributed by atoms with Crippen molar-refractivity contribution in [1.82, 2.24) is 4.57 Å². The highest BCUT2D eigenvalue weighted by atomic mass is 15.0. The molecule has 1 aromatic heterocycles. The van der Waals surface area contributed by atoms with Crippen LogP contribution in [0, 0.1) is 0 Å². The minimum atomic E-state index is 0.00992. The zero-order valence-electron chi connectivity index (χ0n) is 21.6. The molecule has 0 spiro atoms. The van der Waals surface area contributed by atoms with Crippen LogP contribution in [0.3, 0.4) is 0 Å². The molecule has 1 aliphatic carbocycles. The molecule has 0 aliphatic heterocycles. The molecule has 8 rings (SSSR count). The van der Waals surface area contributed by atoms with Gasteiger partial charge in [-0.05, 0) is 80.6 Å². The van der Waals surface area contributed by atoms with E-state index < -0.39 is 0 Å². The molecule has 180 valence electrons. The first-order valence-corrected chi connectivity index (χ1v) is 13.4. The second-order valence-corrected chi connectivity index (χ2v) is 11.0. The van der Waals surface area contributed by atoms with E-state index in [2.05, 4.69) is 146 Å². The standard InChI is InChI=1S/C37H27N/c1-37(2)33-12-6-3-9-29(33)30-20-18-27(23-34(30)37)24-15-16-26-22-28(19-17-25(26)21-24)38-35-13-7-4-10-31(35)32-11-5-8-14-36(32)38/h3-23H,1-2H3. The van der Waals surface area contributed by atoms with Crippen molar-refractivity contribution in [3.05, 3.63) is 139 Å². The fourth-order valence-corrected chi connectivity index (χ4v) is 6.64. The first kappa shape index (κ1) is 21.5. The Bertz CT molecular complexity index is 2000. The van der Waals surface area contributed by atoms with E-state index in [-0.39, 0.29) is 5.41 Å². The fraction of sp³-hybridized carbons (Fsp3) is 0.0811. The Hall–Kier alpha value is -4.62. The van der Waals surface area contributed by atoms with Crippen LogP contribution in [0.25, 0.3) is 60.5 Å². The van der Waals surface area contributed by atoms with Crippen LogP contribution in [-0.4, -0.2) is 4.57 Å². The van der Waals surface area contributed by atoms with Gasteiger partial charge in [0.05, 0.1) is 11.0 Å². The highest BCUT2D eigenvalue weighted by molar-refractivity contribution is 6.09. The van der Waals surface area contributed by atoms with Crippen molar-refractivity contribution in [2.75, 3.05) is 0 Å². The predicted molar refractivity (Wildman–Crippen MR) is 161 cm³/mol. The Labute approximate surface area is 222 Å². The van der Waals surface area contributed by atoms with E-state index in [4.69, 9.17) is 0 Å². The maximum Gasteiger partial charge on any atom is 0.0541 e. The average molecular weight is 486 g/mol. The van der Waals surface area contributed by atoms with E-state index in [0.29, 0.717) is 0 Å². The lowest BCUT2D eigenvalue weighted by atomic mass is 9.81. The highest BCUT2D eigenvalue weighted by Gasteiger charge is 2.35. The SMILES string of the molecule is CC1(C)c2ccccc2-c2ccc(-c3ccc4cc(-n5c6ccccc6c6ccccc65)ccc4c3)cc21. The van der Waals surface area contributed by atoms with Crippen molar-refractivity contribution < 1.29 is 0 Å². The number of benzene rings is 6. The molecule has 1 heterocycles. The second-order valence-electron chi connectivity index (χ2n) is 11.0. The molecule has 1 heteroatoms. The van der Waals surface area contributed by atoms with Gasteiger partial charge in [-0.25, -0.2) is 0 Å². The largest absolute Gasteiger partial charge is 0.309 e. The maximum absolute atomic E-state index is 2.41. The molecule has 0 saturated carbocycles. The molecule has 0 saturated heterocycles. The third-order valence-corrected chi connectivity index (χ3v) is 8.58. The van der Waals surface area contributed by atoms with Crippen LogP contribution in [0.1, 0.15) is 25.0 Å². The average Bonchev–Trinajstić information content (AvgIpc) is 3.42. The van der Waals surface area contributed by atoms with E-state index in [0.717, 1.165) is 0 Å². The van der Waals surface area contributed by atoms with E-state index >= 15 is 0 Å². The zero-order valence-corrected chi connectivity index (χ0v) is 21.6. The number of hydrogen-bond acceptors (Lipinski definition) is 0. The molecule has 0 unspecified atom stereocenters. The number of aromatic nitrogens is 1. The van der Waals surface area contributed by atoms with Gasteiger partial charge in [0.15, 0.2) is 0 Å². The summed E-state index contributed by atoms with van der Waals surface area (Å²) >= 11 is 0. The summed E-state index contributed by atoms with van der Waals surface area (Å²) in [5.41, 5.74) is 11.8. The molecular weight excluding hydrogens is 458 g/mol. The van der Waals surface area contributed by atoms with Crippen LogP contribution in [-0.2, 0) is 5.41 Å². The van der Waals surface area contributed by atoms with Crippen molar-refractivity contribution in [2.24, 2.45) is 0 Å². The normalized spacial score (nSPS) is 13.7. The minimum absolute atomic E-state index is 0.00992. The van der Waals surface area contributed by atoms with E-state index in [1.165, 1.54) is 71.6 Å². The van der Waals surface area contributed by atoms with Gasteiger partial charge in [-0.3, -0.25) is 0 Å². The Morgan fingerprint density at radius 3 is 1.84 bits per heavy atom. The van der Waals surface area contributed by atoms with Gasteiger partial charge in [0.2, 0.25) is 0 Å². The maximum atomic E-state index is 2.41. The first-order valence-electron chi connectivity index (χ1n) is 13.4. The van der Waals surface area contributed by atoms with Crippen LogP contribution < -0.4 is 0 Å². The summed E-state index contributed by atoms with van der Waals surface area (Å²) in [6.45, 7) is 4.69. The summed E-state index contributed by atoms with van der Waals surface area (Å²) in [5, 5.41) is 5.09. The first-order chi connectivity index (χ1) is 18.6. The van der Waals surface area contributed by atoms with Gasteiger partial charge in [0.25, 0.3) is 0 Å². The van der Waals surface area contributed by atoms with Gasteiger partial charge in [-0.15, -0.1) is 0 Å². The molecular formula is C37H27N. The molecule has 0 amide bonds. The van der Waals surface area contributed by atoms with Gasteiger partial charge in [-0.2, -0.15) is 0 Å². The molecule has 7 aromatic rings. The van der Waals surface area contributed by atoms with Gasteiger partial charge < -0.3 is 4.57 Å². The van der Waals surface area contributed by atoms with Crippen molar-refractivity contribution in [2.45, 2.75) is 19.3 Å². The van der Waals surface area contributed by atoms with E-state index in [9.17, 15) is 0 Å². The summed E-state index contributed by atoms with van der Waals surface area (Å²) in [4.78, 5) is 0. The summed E-state index contributed by atoms with van der Waals surface area (Å²) in [6, 6.07) is 46.9. The number of para-hydroxylation sites is 2. The molecule has 1 aliphatic rings. The third kappa shape index (κ3) is 2.93. The van der Waals surface area contributed by atoms with Gasteiger partial charge in [0, 0.05) is 21.9 Å². The van der Waals surface area contributed by atoms with E-state index in [1.54, 1.807) is 0 Å². The summed E-state index contributed by atoms with van der Waals surface area (Å²) < 4.78 is 2.39. The van der Waals surface area contributed by atoms with Crippen LogP contribution >= 0.6 is 0 Å². The monoisotopic (exact) mass is 485 g/mol. The van der Waals surface area contributed by atoms with Crippen LogP contribution in [0.2, 0.25) is 0 Å². The number of nitrogens with zero attached hydrogens (tertiary/aromatic N) is 1. The molecule has 1 nitrogen and oxygen atoms in total. The lowest BCUT2D eigenvalue weighted by Crippen LogP contribution is -2.14. The Morgan fingerprint density at radius 1 is 0.474 bits per heavy atom. The van der Waals surface area contributed by atoms with Gasteiger partial charge in [0.1, 0.15) is 0 Å². The Kier molecular flexibility index (Phi) is 4.35. The smallest absolute Gasteiger partial charge is 0.0541 e. The topological polar surface area (TPSA) is 4.93 Å². The molecule has 38 heavy (non-hydrogen) atoms. The molecule has 0 atom stereocenters. The Balaban J connectivity index is 1.24. The van der Waals surface area contributed by atoms with Crippen molar-refractivity contribution >= 4 is 32.6 Å². The lowest BCUT2D eigenvalue weighted by molar-refractivity contribution is 0.660. The molecule has 0 N–H and O–H groups in total. The molecule has 0 fully saturated rings. The van der Waals surface area contributed by atoms with Gasteiger partial charge in [-0.1, -0.05) is 105 Å². The quantitative estimate of drug-likeness (QED) is 0.230. The predicted octanol–water partition coefficient (Wildman–Crippen LogP) is 9.91. The summed E-state index contributed by atoms with van der Waals surface area (Å²) in [7, 11) is 0. The zero-order chi connectivity index (χ0) is 25.4. The molecule has 6 aromatic carbocycles. The van der Waals surface area contributed by atoms with Crippen molar-refractivity contribution in [1.29, 1.82) is 0 Å². The van der Waals surface area contributed by atoms with Crippen molar-refractivity contribution in [3.63, 3.8) is 0 Å². The number of fused-ring (bicyclic) bond motifs is 7. The third-order valence-electron chi connectivity index (χ3n) is 8.58. The lowest BCUT2D eigenvalue weighted by Gasteiger charge is -2.22. The number of rotatable bonds is 2. The highest BCUT2D eigenvalue weighted by Crippen LogP contribution is 2.49. The van der Waals surface area contributed by atoms with E-state index in [1.807, 2.05) is 0 Å². The van der Waals surface area contributed by atoms with Crippen LogP contribution in [0.5, 0.6) is 0 Å². The number of hydrogen-bond donors (Lipinski definition) is 0. The second kappa shape index (κ2) is 7.69. The van der Waals surface area contributed by atoms with Crippen molar-refractivity contribution in [3.8, 4) is 27.9 Å². The fourth-order valence-electron chi connectivity index (χ4n) is 6.64. The van der Waals surface area contributed by atoms with Crippen LogP contribution in [0.15, 0.2) is 127 Å². The minimum Gasteiger partial charge on any atom is -0.309 e. The summed E-state index contributed by atoms with van der Waals surface area (Å²) in [5.74, 6) is 0.